The van der Waals surface area contributed by atoms with Gasteiger partial charge in [-0.1, -0.05) is 5.16 Å². The SMILES string of the molecule is COC1(c2noc(C3(C)COCC3N)n2)CCC1. The topological polar surface area (TPSA) is 83.4 Å². The highest BCUT2D eigenvalue weighted by molar-refractivity contribution is 5.15. The van der Waals surface area contributed by atoms with Gasteiger partial charge in [0, 0.05) is 13.2 Å². The lowest BCUT2D eigenvalue weighted by atomic mass is 9.79. The summed E-state index contributed by atoms with van der Waals surface area (Å²) in [6.07, 6.45) is 3.03. The fourth-order valence-corrected chi connectivity index (χ4v) is 2.57. The van der Waals surface area contributed by atoms with E-state index >= 15 is 0 Å². The third-order valence-electron chi connectivity index (χ3n) is 4.39. The molecule has 0 radical (unpaired) electrons. The Morgan fingerprint density at radius 1 is 1.44 bits per heavy atom. The average molecular weight is 253 g/mol. The molecular weight excluding hydrogens is 234 g/mol. The number of nitrogens with two attached hydrogens (primary N) is 1. The van der Waals surface area contributed by atoms with Crippen molar-refractivity contribution in [2.24, 2.45) is 5.73 Å². The van der Waals surface area contributed by atoms with Crippen molar-refractivity contribution in [3.05, 3.63) is 11.7 Å². The van der Waals surface area contributed by atoms with Gasteiger partial charge in [-0.25, -0.2) is 0 Å². The number of hydrogen-bond donors (Lipinski definition) is 1. The third kappa shape index (κ3) is 1.52. The van der Waals surface area contributed by atoms with E-state index in [0.717, 1.165) is 19.3 Å². The number of methoxy groups -OCH3 is 1. The van der Waals surface area contributed by atoms with Crippen molar-refractivity contribution in [2.75, 3.05) is 20.3 Å². The maximum Gasteiger partial charge on any atom is 0.236 e. The second-order valence-corrected chi connectivity index (χ2v) is 5.51. The van der Waals surface area contributed by atoms with Crippen molar-refractivity contribution in [1.29, 1.82) is 0 Å². The molecule has 1 aromatic rings. The molecule has 18 heavy (non-hydrogen) atoms. The van der Waals surface area contributed by atoms with E-state index in [-0.39, 0.29) is 17.1 Å². The van der Waals surface area contributed by atoms with Gasteiger partial charge in [-0.05, 0) is 26.2 Å². The Labute approximate surface area is 106 Å². The number of aromatic nitrogens is 2. The van der Waals surface area contributed by atoms with Gasteiger partial charge < -0.3 is 19.7 Å². The Hall–Kier alpha value is -0.980. The second kappa shape index (κ2) is 4.01. The van der Waals surface area contributed by atoms with Crippen LogP contribution in [0.25, 0.3) is 0 Å². The van der Waals surface area contributed by atoms with Crippen molar-refractivity contribution >= 4 is 0 Å². The van der Waals surface area contributed by atoms with Gasteiger partial charge in [0.1, 0.15) is 5.60 Å². The maximum atomic E-state index is 6.06. The Kier molecular flexibility index (Phi) is 2.69. The van der Waals surface area contributed by atoms with E-state index in [9.17, 15) is 0 Å². The molecule has 1 aromatic heterocycles. The Morgan fingerprint density at radius 3 is 2.72 bits per heavy atom. The first-order chi connectivity index (χ1) is 8.61. The van der Waals surface area contributed by atoms with Crippen molar-refractivity contribution in [3.63, 3.8) is 0 Å². The standard InChI is InChI=1S/C12H19N3O3/c1-11(7-17-6-8(11)13)10-14-9(15-18-10)12(16-2)4-3-5-12/h8H,3-7,13H2,1-2H3. The summed E-state index contributed by atoms with van der Waals surface area (Å²) in [5, 5.41) is 4.08. The summed E-state index contributed by atoms with van der Waals surface area (Å²) in [6, 6.07) is -0.106. The zero-order chi connectivity index (χ0) is 12.8. The van der Waals surface area contributed by atoms with Gasteiger partial charge in [0.05, 0.1) is 18.6 Å². The monoisotopic (exact) mass is 253 g/mol. The van der Waals surface area contributed by atoms with Crippen LogP contribution in [0, 0.1) is 0 Å². The molecule has 100 valence electrons. The van der Waals surface area contributed by atoms with E-state index in [1.54, 1.807) is 7.11 Å². The van der Waals surface area contributed by atoms with Crippen LogP contribution in [-0.2, 0) is 20.5 Å². The van der Waals surface area contributed by atoms with Crippen LogP contribution in [0.3, 0.4) is 0 Å². The van der Waals surface area contributed by atoms with E-state index in [1.807, 2.05) is 6.92 Å². The molecule has 1 saturated heterocycles. The molecule has 6 nitrogen and oxygen atoms in total. The zero-order valence-electron chi connectivity index (χ0n) is 10.8. The predicted molar refractivity (Wildman–Crippen MR) is 63.0 cm³/mol. The van der Waals surface area contributed by atoms with Crippen molar-refractivity contribution in [3.8, 4) is 0 Å². The Bertz CT molecular complexity index is 438. The molecule has 2 N–H and O–H groups in total. The molecule has 1 saturated carbocycles. The molecule has 6 heteroatoms. The van der Waals surface area contributed by atoms with Crippen LogP contribution in [0.4, 0.5) is 0 Å². The van der Waals surface area contributed by atoms with Gasteiger partial charge in [-0.15, -0.1) is 0 Å². The third-order valence-corrected chi connectivity index (χ3v) is 4.39. The number of hydrogen-bond acceptors (Lipinski definition) is 6. The first-order valence-electron chi connectivity index (χ1n) is 6.34. The number of nitrogens with zero attached hydrogens (tertiary/aromatic N) is 2. The fourth-order valence-electron chi connectivity index (χ4n) is 2.57. The predicted octanol–water partition coefficient (Wildman–Crippen LogP) is 0.710. The van der Waals surface area contributed by atoms with E-state index in [2.05, 4.69) is 10.1 Å². The van der Waals surface area contributed by atoms with Gasteiger partial charge in [-0.3, -0.25) is 0 Å². The molecule has 3 rings (SSSR count). The molecule has 1 aliphatic carbocycles. The van der Waals surface area contributed by atoms with Crippen molar-refractivity contribution in [1.82, 2.24) is 10.1 Å². The van der Waals surface area contributed by atoms with E-state index in [1.165, 1.54) is 0 Å². The minimum atomic E-state index is -0.385. The maximum absolute atomic E-state index is 6.06. The summed E-state index contributed by atoms with van der Waals surface area (Å²) in [7, 11) is 1.70. The quantitative estimate of drug-likeness (QED) is 0.854. The summed E-state index contributed by atoms with van der Waals surface area (Å²) < 4.78 is 16.4. The summed E-state index contributed by atoms with van der Waals surface area (Å²) in [4.78, 5) is 4.52. The minimum Gasteiger partial charge on any atom is -0.379 e. The van der Waals surface area contributed by atoms with Crippen molar-refractivity contribution < 1.29 is 14.0 Å². The van der Waals surface area contributed by atoms with Crippen LogP contribution in [0.15, 0.2) is 4.52 Å². The highest BCUT2D eigenvalue weighted by Gasteiger charge is 2.48. The van der Waals surface area contributed by atoms with Crippen LogP contribution in [0.2, 0.25) is 0 Å². The van der Waals surface area contributed by atoms with Gasteiger partial charge >= 0.3 is 0 Å². The molecule has 2 heterocycles. The van der Waals surface area contributed by atoms with E-state index in [4.69, 9.17) is 19.7 Å². The van der Waals surface area contributed by atoms with Crippen LogP contribution >= 0.6 is 0 Å². The average Bonchev–Trinajstić information content (AvgIpc) is 2.88. The second-order valence-electron chi connectivity index (χ2n) is 5.51. The lowest BCUT2D eigenvalue weighted by Crippen LogP contribution is -2.42. The summed E-state index contributed by atoms with van der Waals surface area (Å²) >= 11 is 0. The Morgan fingerprint density at radius 2 is 2.22 bits per heavy atom. The van der Waals surface area contributed by atoms with Gasteiger partial charge in [-0.2, -0.15) is 4.98 Å². The van der Waals surface area contributed by atoms with Crippen LogP contribution in [-0.4, -0.2) is 36.5 Å². The minimum absolute atomic E-state index is 0.106. The van der Waals surface area contributed by atoms with Crippen LogP contribution in [0.1, 0.15) is 37.9 Å². The van der Waals surface area contributed by atoms with Crippen LogP contribution in [0.5, 0.6) is 0 Å². The van der Waals surface area contributed by atoms with Crippen LogP contribution < -0.4 is 5.73 Å². The lowest BCUT2D eigenvalue weighted by Gasteiger charge is -2.37. The van der Waals surface area contributed by atoms with Gasteiger partial charge in [0.2, 0.25) is 11.7 Å². The molecular formula is C12H19N3O3. The molecule has 2 unspecified atom stereocenters. The smallest absolute Gasteiger partial charge is 0.236 e. The zero-order valence-corrected chi connectivity index (χ0v) is 10.8. The fraction of sp³-hybridized carbons (Fsp3) is 0.833. The molecule has 0 bridgehead atoms. The van der Waals surface area contributed by atoms with E-state index in [0.29, 0.717) is 24.9 Å². The largest absolute Gasteiger partial charge is 0.379 e. The van der Waals surface area contributed by atoms with Crippen molar-refractivity contribution in [2.45, 2.75) is 43.2 Å². The first-order valence-corrected chi connectivity index (χ1v) is 6.34. The molecule has 2 fully saturated rings. The molecule has 0 amide bonds. The molecule has 1 aliphatic heterocycles. The number of rotatable bonds is 3. The molecule has 2 atom stereocenters. The summed E-state index contributed by atoms with van der Waals surface area (Å²) in [6.45, 7) is 3.06. The molecule has 0 spiro atoms. The Balaban J connectivity index is 1.90. The highest BCUT2D eigenvalue weighted by atomic mass is 16.5. The number of ether oxygens (including phenoxy) is 2. The summed E-state index contributed by atoms with van der Waals surface area (Å²) in [5.74, 6) is 1.21. The van der Waals surface area contributed by atoms with Gasteiger partial charge in [0.25, 0.3) is 0 Å². The first kappa shape index (κ1) is 12.1. The molecule has 0 aromatic carbocycles. The van der Waals surface area contributed by atoms with E-state index < -0.39 is 0 Å². The molecule has 2 aliphatic rings. The lowest BCUT2D eigenvalue weighted by molar-refractivity contribution is -0.0858. The highest BCUT2D eigenvalue weighted by Crippen LogP contribution is 2.43. The van der Waals surface area contributed by atoms with Gasteiger partial charge in [0.15, 0.2) is 0 Å². The normalized spacial score (nSPS) is 34.5. The summed E-state index contributed by atoms with van der Waals surface area (Å²) in [5.41, 5.74) is 5.33.